The minimum absolute atomic E-state index is 0.312. The lowest BCUT2D eigenvalue weighted by Gasteiger charge is -2.13. The minimum atomic E-state index is -0.312. The number of nitrogens with one attached hydrogen (secondary N) is 2. The molecule has 1 amide bonds. The summed E-state index contributed by atoms with van der Waals surface area (Å²) in [5.74, 6) is 1.71. The summed E-state index contributed by atoms with van der Waals surface area (Å²) in [7, 11) is 1.62. The first-order valence-corrected chi connectivity index (χ1v) is 16.3. The fourth-order valence-corrected chi connectivity index (χ4v) is 5.48. The average Bonchev–Trinajstić information content (AvgIpc) is 3.60. The van der Waals surface area contributed by atoms with Crippen LogP contribution in [0.3, 0.4) is 0 Å². The van der Waals surface area contributed by atoms with Gasteiger partial charge in [-0.15, -0.1) is 11.3 Å². The lowest BCUT2D eigenvalue weighted by atomic mass is 10.1. The Labute approximate surface area is 287 Å². The molecule has 0 radical (unpaired) electrons. The molecule has 240 valence electrons. The maximum absolute atomic E-state index is 12.7. The summed E-state index contributed by atoms with van der Waals surface area (Å²) in [5.41, 5.74) is 8.53. The topological polar surface area (TPSA) is 94.1 Å². The van der Waals surface area contributed by atoms with Crippen molar-refractivity contribution in [1.82, 2.24) is 10.4 Å². The van der Waals surface area contributed by atoms with Gasteiger partial charge >= 0.3 is 0 Å². The molecular formula is C38H31ClN4O4S. The van der Waals surface area contributed by atoms with Gasteiger partial charge in [-0.3, -0.25) is 4.79 Å². The molecule has 1 heterocycles. The van der Waals surface area contributed by atoms with Crippen molar-refractivity contribution in [2.75, 3.05) is 12.4 Å². The molecule has 6 rings (SSSR count). The van der Waals surface area contributed by atoms with Crippen LogP contribution in [0.25, 0.3) is 11.3 Å². The number of hydrogen-bond acceptors (Lipinski definition) is 8. The molecule has 6 aromatic rings. The number of nitrogens with zero attached hydrogens (tertiary/aromatic N) is 2. The Morgan fingerprint density at radius 2 is 1.58 bits per heavy atom. The summed E-state index contributed by atoms with van der Waals surface area (Å²) in [4.78, 5) is 17.3. The molecule has 0 unspecified atom stereocenters. The van der Waals surface area contributed by atoms with E-state index in [1.807, 2.05) is 115 Å². The number of halogens is 1. The van der Waals surface area contributed by atoms with Crippen molar-refractivity contribution in [3.8, 4) is 28.5 Å². The number of rotatable bonds is 13. The Morgan fingerprint density at radius 1 is 0.833 bits per heavy atom. The Bertz CT molecular complexity index is 1980. The van der Waals surface area contributed by atoms with Crippen LogP contribution in [-0.4, -0.2) is 24.2 Å². The van der Waals surface area contributed by atoms with Crippen molar-refractivity contribution in [3.63, 3.8) is 0 Å². The Hall–Kier alpha value is -5.64. The van der Waals surface area contributed by atoms with Crippen LogP contribution in [0, 0.1) is 0 Å². The maximum atomic E-state index is 12.7. The number of amides is 1. The van der Waals surface area contributed by atoms with Crippen LogP contribution in [0.4, 0.5) is 10.8 Å². The molecule has 5 aromatic carbocycles. The quantitative estimate of drug-likeness (QED) is 0.0937. The summed E-state index contributed by atoms with van der Waals surface area (Å²) in [5, 5.41) is 10.8. The third-order valence-corrected chi connectivity index (χ3v) is 8.18. The fraction of sp³-hybridized carbons (Fsp3) is 0.0789. The first kappa shape index (κ1) is 32.3. The van der Waals surface area contributed by atoms with E-state index in [1.165, 1.54) is 11.3 Å². The van der Waals surface area contributed by atoms with Gasteiger partial charge in [-0.1, -0.05) is 60.1 Å². The molecule has 0 aliphatic heterocycles. The van der Waals surface area contributed by atoms with Gasteiger partial charge in [-0.2, -0.15) is 5.10 Å². The average molecular weight is 675 g/mol. The van der Waals surface area contributed by atoms with E-state index < -0.39 is 0 Å². The van der Waals surface area contributed by atoms with Gasteiger partial charge < -0.3 is 19.5 Å². The van der Waals surface area contributed by atoms with Crippen molar-refractivity contribution in [1.29, 1.82) is 0 Å². The van der Waals surface area contributed by atoms with Crippen molar-refractivity contribution in [3.05, 3.63) is 154 Å². The molecule has 0 saturated heterocycles. The third-order valence-electron chi connectivity index (χ3n) is 7.17. The molecule has 0 aliphatic carbocycles. The van der Waals surface area contributed by atoms with E-state index in [-0.39, 0.29) is 5.91 Å². The summed E-state index contributed by atoms with van der Waals surface area (Å²) in [6.07, 6.45) is 1.58. The van der Waals surface area contributed by atoms with E-state index in [4.69, 9.17) is 25.8 Å². The SMILES string of the molecule is COc1cc(COc2ccc(/C=N\NC(=O)c3ccc(-c4csc(Nc5ccc(Cl)cc5)n4)cc3)cc2)ccc1OCc1ccccc1. The second kappa shape index (κ2) is 15.8. The van der Waals surface area contributed by atoms with Crippen molar-refractivity contribution >= 4 is 45.9 Å². The Balaban J connectivity index is 0.965. The minimum Gasteiger partial charge on any atom is -0.493 e. The van der Waals surface area contributed by atoms with Gasteiger partial charge in [-0.25, -0.2) is 10.4 Å². The molecule has 8 nitrogen and oxygen atoms in total. The number of benzene rings is 5. The third kappa shape index (κ3) is 8.79. The summed E-state index contributed by atoms with van der Waals surface area (Å²) in [6.45, 7) is 0.821. The number of methoxy groups -OCH3 is 1. The first-order chi connectivity index (χ1) is 23.5. The van der Waals surface area contributed by atoms with Gasteiger partial charge in [0.05, 0.1) is 19.0 Å². The second-order valence-corrected chi connectivity index (χ2v) is 11.9. The summed E-state index contributed by atoms with van der Waals surface area (Å²) >= 11 is 7.46. The van der Waals surface area contributed by atoms with Crippen LogP contribution in [0.1, 0.15) is 27.0 Å². The molecule has 2 N–H and O–H groups in total. The Kier molecular flexibility index (Phi) is 10.6. The monoisotopic (exact) mass is 674 g/mol. The van der Waals surface area contributed by atoms with E-state index >= 15 is 0 Å². The van der Waals surface area contributed by atoms with E-state index in [2.05, 4.69) is 20.8 Å². The van der Waals surface area contributed by atoms with Gasteiger partial charge in [0.2, 0.25) is 0 Å². The van der Waals surface area contributed by atoms with Crippen LogP contribution >= 0.6 is 22.9 Å². The Morgan fingerprint density at radius 3 is 2.33 bits per heavy atom. The molecule has 0 spiro atoms. The molecule has 48 heavy (non-hydrogen) atoms. The van der Waals surface area contributed by atoms with Crippen LogP contribution in [-0.2, 0) is 13.2 Å². The van der Waals surface area contributed by atoms with Crippen LogP contribution in [0.2, 0.25) is 5.02 Å². The van der Waals surface area contributed by atoms with E-state index in [9.17, 15) is 4.79 Å². The van der Waals surface area contributed by atoms with E-state index in [0.29, 0.717) is 41.0 Å². The molecule has 0 atom stereocenters. The number of carbonyl (C=O) groups excluding carboxylic acids is 1. The van der Waals surface area contributed by atoms with Crippen molar-refractivity contribution < 1.29 is 19.0 Å². The lowest BCUT2D eigenvalue weighted by molar-refractivity contribution is 0.0955. The number of ether oxygens (including phenoxy) is 3. The zero-order chi connectivity index (χ0) is 33.1. The summed E-state index contributed by atoms with van der Waals surface area (Å²) < 4.78 is 17.4. The standard InChI is InChI=1S/C38H31ClN4O4S/c1-45-36-21-28(9-20-35(36)47-23-27-5-3-2-4-6-27)24-46-33-18-7-26(8-19-33)22-40-43-37(44)30-12-10-29(11-13-30)34-25-48-38(42-34)41-32-16-14-31(39)15-17-32/h2-22,25H,23-24H2,1H3,(H,41,42)(H,43,44)/b40-22-. The normalized spacial score (nSPS) is 10.9. The number of aromatic nitrogens is 1. The predicted octanol–water partition coefficient (Wildman–Crippen LogP) is 9.14. The number of anilines is 2. The molecule has 0 aliphatic rings. The molecule has 1 aromatic heterocycles. The number of hydrogen-bond donors (Lipinski definition) is 2. The highest BCUT2D eigenvalue weighted by molar-refractivity contribution is 7.14. The van der Waals surface area contributed by atoms with Gasteiger partial charge in [0.15, 0.2) is 16.6 Å². The highest BCUT2D eigenvalue weighted by Gasteiger charge is 2.09. The number of hydrazone groups is 1. The maximum Gasteiger partial charge on any atom is 0.271 e. The van der Waals surface area contributed by atoms with Crippen LogP contribution in [0.5, 0.6) is 17.2 Å². The number of thiazole rings is 1. The lowest BCUT2D eigenvalue weighted by Crippen LogP contribution is -2.17. The summed E-state index contributed by atoms with van der Waals surface area (Å²) in [6, 6.07) is 37.8. The molecule has 0 fully saturated rings. The van der Waals surface area contributed by atoms with Gasteiger partial charge in [0.25, 0.3) is 5.91 Å². The van der Waals surface area contributed by atoms with Crippen molar-refractivity contribution in [2.24, 2.45) is 5.10 Å². The van der Waals surface area contributed by atoms with E-state index in [0.717, 1.165) is 38.8 Å². The highest BCUT2D eigenvalue weighted by Crippen LogP contribution is 2.30. The molecule has 0 bridgehead atoms. The van der Waals surface area contributed by atoms with Gasteiger partial charge in [-0.05, 0) is 89.5 Å². The molecule has 10 heteroatoms. The molecule has 0 saturated carbocycles. The predicted molar refractivity (Wildman–Crippen MR) is 192 cm³/mol. The van der Waals surface area contributed by atoms with E-state index in [1.54, 1.807) is 25.5 Å². The number of carbonyl (C=O) groups is 1. The second-order valence-electron chi connectivity index (χ2n) is 10.6. The molecular weight excluding hydrogens is 644 g/mol. The van der Waals surface area contributed by atoms with Gasteiger partial charge in [0.1, 0.15) is 19.0 Å². The zero-order valence-corrected chi connectivity index (χ0v) is 27.5. The highest BCUT2D eigenvalue weighted by atomic mass is 35.5. The van der Waals surface area contributed by atoms with Gasteiger partial charge in [0, 0.05) is 27.2 Å². The van der Waals surface area contributed by atoms with Crippen LogP contribution < -0.4 is 25.0 Å². The zero-order valence-electron chi connectivity index (χ0n) is 25.9. The largest absolute Gasteiger partial charge is 0.493 e. The van der Waals surface area contributed by atoms with Crippen LogP contribution in [0.15, 0.2) is 132 Å². The van der Waals surface area contributed by atoms with Crippen molar-refractivity contribution in [2.45, 2.75) is 13.2 Å². The first-order valence-electron chi connectivity index (χ1n) is 15.0. The smallest absolute Gasteiger partial charge is 0.271 e. The fourth-order valence-electron chi connectivity index (χ4n) is 4.62.